The van der Waals surface area contributed by atoms with Gasteiger partial charge in [-0.15, -0.1) is 0 Å². The first-order chi connectivity index (χ1) is 9.06. The highest BCUT2D eigenvalue weighted by Gasteiger charge is 2.15. The maximum Gasteiger partial charge on any atom is 0.178 e. The molecule has 1 atom stereocenters. The molecule has 0 spiro atoms. The first-order valence-electron chi connectivity index (χ1n) is 7.34. The summed E-state index contributed by atoms with van der Waals surface area (Å²) in [4.78, 5) is 0.452. The van der Waals surface area contributed by atoms with E-state index in [1.54, 1.807) is 24.3 Å². The van der Waals surface area contributed by atoms with E-state index < -0.39 is 9.84 Å². The second-order valence-corrected chi connectivity index (χ2v) is 7.48. The van der Waals surface area contributed by atoms with E-state index in [0.29, 0.717) is 10.8 Å². The minimum Gasteiger partial charge on any atom is -0.224 e. The van der Waals surface area contributed by atoms with Gasteiger partial charge in [-0.05, 0) is 24.5 Å². The van der Waals surface area contributed by atoms with Crippen LogP contribution in [-0.4, -0.2) is 14.2 Å². The molecule has 0 aliphatic heterocycles. The van der Waals surface area contributed by atoms with Crippen molar-refractivity contribution in [1.29, 1.82) is 0 Å². The molecule has 0 saturated carbocycles. The van der Waals surface area contributed by atoms with Crippen LogP contribution in [0.25, 0.3) is 0 Å². The first-order valence-corrected chi connectivity index (χ1v) is 8.99. The molecule has 2 nitrogen and oxygen atoms in total. The van der Waals surface area contributed by atoms with Gasteiger partial charge in [-0.2, -0.15) is 0 Å². The van der Waals surface area contributed by atoms with Gasteiger partial charge in [0.25, 0.3) is 0 Å². The topological polar surface area (TPSA) is 34.1 Å². The third kappa shape index (κ3) is 6.24. The van der Waals surface area contributed by atoms with Crippen LogP contribution < -0.4 is 0 Å². The van der Waals surface area contributed by atoms with Crippen molar-refractivity contribution in [2.24, 2.45) is 5.92 Å². The van der Waals surface area contributed by atoms with Gasteiger partial charge in [-0.25, -0.2) is 8.42 Å². The fourth-order valence-corrected chi connectivity index (χ4v) is 3.69. The Bertz CT molecular complexity index is 437. The van der Waals surface area contributed by atoms with E-state index in [4.69, 9.17) is 0 Å². The molecule has 108 valence electrons. The Kier molecular flexibility index (Phi) is 7.14. The Morgan fingerprint density at radius 3 is 2.32 bits per heavy atom. The quantitative estimate of drug-likeness (QED) is 0.627. The zero-order chi connectivity index (χ0) is 14.1. The highest BCUT2D eigenvalue weighted by molar-refractivity contribution is 7.91. The summed E-state index contributed by atoms with van der Waals surface area (Å²) in [5, 5.41) is 0. The van der Waals surface area contributed by atoms with Gasteiger partial charge in [0.1, 0.15) is 0 Å². The van der Waals surface area contributed by atoms with Gasteiger partial charge in [0.05, 0.1) is 10.6 Å². The SMILES string of the molecule is CCCCCC[C@H](C)CCS(=O)(=O)c1ccccc1. The number of rotatable bonds is 9. The van der Waals surface area contributed by atoms with Gasteiger partial charge in [0.2, 0.25) is 0 Å². The average Bonchev–Trinajstić information content (AvgIpc) is 2.42. The van der Waals surface area contributed by atoms with Crippen molar-refractivity contribution in [3.8, 4) is 0 Å². The van der Waals surface area contributed by atoms with Crippen LogP contribution in [0.3, 0.4) is 0 Å². The van der Waals surface area contributed by atoms with Gasteiger partial charge in [0.15, 0.2) is 9.84 Å². The summed E-state index contributed by atoms with van der Waals surface area (Å²) in [7, 11) is -3.09. The van der Waals surface area contributed by atoms with E-state index in [0.717, 1.165) is 12.8 Å². The molecule has 0 aromatic heterocycles. The lowest BCUT2D eigenvalue weighted by molar-refractivity contribution is 0.474. The van der Waals surface area contributed by atoms with Crippen LogP contribution in [0.15, 0.2) is 35.2 Å². The van der Waals surface area contributed by atoms with Gasteiger partial charge in [-0.1, -0.05) is 64.2 Å². The van der Waals surface area contributed by atoms with Gasteiger partial charge in [-0.3, -0.25) is 0 Å². The van der Waals surface area contributed by atoms with Gasteiger partial charge in [0, 0.05) is 0 Å². The Balaban J connectivity index is 2.35. The van der Waals surface area contributed by atoms with Gasteiger partial charge < -0.3 is 0 Å². The van der Waals surface area contributed by atoms with E-state index in [1.807, 2.05) is 6.07 Å². The van der Waals surface area contributed by atoms with Crippen LogP contribution in [0.2, 0.25) is 0 Å². The normalized spacial score (nSPS) is 13.4. The Morgan fingerprint density at radius 1 is 1.00 bits per heavy atom. The highest BCUT2D eigenvalue weighted by atomic mass is 32.2. The Morgan fingerprint density at radius 2 is 1.68 bits per heavy atom. The van der Waals surface area contributed by atoms with Crippen molar-refractivity contribution in [2.75, 3.05) is 5.75 Å². The molecule has 0 saturated heterocycles. The van der Waals surface area contributed by atoms with Crippen LogP contribution in [0, 0.1) is 5.92 Å². The summed E-state index contributed by atoms with van der Waals surface area (Å²) in [5.74, 6) is 0.765. The third-order valence-corrected chi connectivity index (χ3v) is 5.30. The predicted octanol–water partition coefficient (Wildman–Crippen LogP) is 4.46. The van der Waals surface area contributed by atoms with E-state index in [9.17, 15) is 8.42 Å². The molecule has 0 amide bonds. The van der Waals surface area contributed by atoms with E-state index in [1.165, 1.54) is 25.7 Å². The lowest BCUT2D eigenvalue weighted by Gasteiger charge is -2.11. The first kappa shape index (κ1) is 16.2. The molecule has 1 aromatic rings. The highest BCUT2D eigenvalue weighted by Crippen LogP contribution is 2.18. The van der Waals surface area contributed by atoms with Crippen LogP contribution in [0.1, 0.15) is 52.4 Å². The van der Waals surface area contributed by atoms with Crippen LogP contribution >= 0.6 is 0 Å². The summed E-state index contributed by atoms with van der Waals surface area (Å²) < 4.78 is 24.2. The summed E-state index contributed by atoms with van der Waals surface area (Å²) >= 11 is 0. The molecular weight excluding hydrogens is 256 g/mol. The molecule has 3 heteroatoms. The summed E-state index contributed by atoms with van der Waals surface area (Å²) in [6.45, 7) is 4.36. The molecule has 1 rings (SSSR count). The molecular formula is C16H26O2S. The number of unbranched alkanes of at least 4 members (excludes halogenated alkanes) is 3. The molecule has 0 radical (unpaired) electrons. The summed E-state index contributed by atoms with van der Waals surface area (Å²) in [5.41, 5.74) is 0. The lowest BCUT2D eigenvalue weighted by atomic mass is 10.0. The van der Waals surface area contributed by atoms with Crippen molar-refractivity contribution >= 4 is 9.84 Å². The largest absolute Gasteiger partial charge is 0.224 e. The zero-order valence-corrected chi connectivity index (χ0v) is 13.0. The Labute approximate surface area is 118 Å². The van der Waals surface area contributed by atoms with Crippen molar-refractivity contribution in [3.05, 3.63) is 30.3 Å². The minimum absolute atomic E-state index is 0.270. The van der Waals surface area contributed by atoms with Crippen molar-refractivity contribution in [1.82, 2.24) is 0 Å². The molecule has 0 N–H and O–H groups in total. The lowest BCUT2D eigenvalue weighted by Crippen LogP contribution is -2.10. The second kappa shape index (κ2) is 8.36. The minimum atomic E-state index is -3.09. The van der Waals surface area contributed by atoms with E-state index >= 15 is 0 Å². The standard InChI is InChI=1S/C16H26O2S/c1-3-4-5-7-10-15(2)13-14-19(17,18)16-11-8-6-9-12-16/h6,8-9,11-12,15H,3-5,7,10,13-14H2,1-2H3/t15-/m0/s1. The summed E-state index contributed by atoms with van der Waals surface area (Å²) in [6.07, 6.45) is 6.94. The molecule has 0 fully saturated rings. The fourth-order valence-electron chi connectivity index (χ4n) is 2.17. The molecule has 19 heavy (non-hydrogen) atoms. The van der Waals surface area contributed by atoms with E-state index in [2.05, 4.69) is 13.8 Å². The van der Waals surface area contributed by atoms with E-state index in [-0.39, 0.29) is 5.75 Å². The number of sulfone groups is 1. The molecule has 0 aliphatic carbocycles. The molecule has 0 heterocycles. The average molecular weight is 282 g/mol. The van der Waals surface area contributed by atoms with Gasteiger partial charge >= 0.3 is 0 Å². The van der Waals surface area contributed by atoms with Crippen LogP contribution in [0.5, 0.6) is 0 Å². The smallest absolute Gasteiger partial charge is 0.178 e. The van der Waals surface area contributed by atoms with Crippen LogP contribution in [0.4, 0.5) is 0 Å². The maximum atomic E-state index is 12.1. The molecule has 0 unspecified atom stereocenters. The third-order valence-electron chi connectivity index (χ3n) is 3.53. The number of hydrogen-bond donors (Lipinski definition) is 0. The maximum absolute atomic E-state index is 12.1. The van der Waals surface area contributed by atoms with Crippen molar-refractivity contribution < 1.29 is 8.42 Å². The molecule has 0 aliphatic rings. The predicted molar refractivity (Wildman–Crippen MR) is 81.0 cm³/mol. The van der Waals surface area contributed by atoms with Crippen LogP contribution in [-0.2, 0) is 9.84 Å². The molecule has 0 bridgehead atoms. The van der Waals surface area contributed by atoms with Crippen molar-refractivity contribution in [2.45, 2.75) is 57.3 Å². The second-order valence-electron chi connectivity index (χ2n) is 5.38. The Hall–Kier alpha value is -0.830. The molecule has 1 aromatic carbocycles. The zero-order valence-electron chi connectivity index (χ0n) is 12.1. The number of hydrogen-bond acceptors (Lipinski definition) is 2. The number of benzene rings is 1. The summed E-state index contributed by atoms with van der Waals surface area (Å²) in [6, 6.07) is 8.76. The van der Waals surface area contributed by atoms with Crippen molar-refractivity contribution in [3.63, 3.8) is 0 Å². The monoisotopic (exact) mass is 282 g/mol. The fraction of sp³-hybridized carbons (Fsp3) is 0.625.